The third-order valence-corrected chi connectivity index (χ3v) is 2.60. The van der Waals surface area contributed by atoms with E-state index in [1.807, 2.05) is 0 Å². The van der Waals surface area contributed by atoms with E-state index in [0.717, 1.165) is 0 Å². The third-order valence-electron chi connectivity index (χ3n) is 2.60. The lowest BCUT2D eigenvalue weighted by atomic mass is 10.1. The Morgan fingerprint density at radius 1 is 1.50 bits per heavy atom. The molecule has 1 saturated heterocycles. The van der Waals surface area contributed by atoms with Crippen molar-refractivity contribution >= 4 is 11.4 Å². The minimum Gasteiger partial charge on any atom is -0.363 e. The number of hydrogen-bond acceptors (Lipinski definition) is 5. The first-order valence-electron chi connectivity index (χ1n) is 5.01. The summed E-state index contributed by atoms with van der Waals surface area (Å²) in [5, 5.41) is 10.7. The van der Waals surface area contributed by atoms with Gasteiger partial charge < -0.3 is 10.6 Å². The van der Waals surface area contributed by atoms with Crippen molar-refractivity contribution in [2.45, 2.75) is 12.2 Å². The van der Waals surface area contributed by atoms with Crippen LogP contribution in [0.2, 0.25) is 0 Å². The summed E-state index contributed by atoms with van der Waals surface area (Å²) in [4.78, 5) is 14.5. The molecule has 1 aliphatic heterocycles. The van der Waals surface area contributed by atoms with Gasteiger partial charge in [0.15, 0.2) is 0 Å². The topological polar surface area (TPSA) is 85.3 Å². The lowest BCUT2D eigenvalue weighted by molar-refractivity contribution is -0.384. The molecule has 2 N–H and O–H groups in total. The van der Waals surface area contributed by atoms with Crippen LogP contribution >= 0.6 is 0 Å². The van der Waals surface area contributed by atoms with Gasteiger partial charge >= 0.3 is 11.9 Å². The average Bonchev–Trinajstić information content (AvgIpc) is 2.22. The molecule has 1 fully saturated rings. The summed E-state index contributed by atoms with van der Waals surface area (Å²) in [5.41, 5.74) is 3.81. The van der Waals surface area contributed by atoms with Crippen molar-refractivity contribution in [1.29, 1.82) is 0 Å². The molecule has 0 amide bonds. The highest BCUT2D eigenvalue weighted by atomic mass is 19.4. The third kappa shape index (κ3) is 2.21. The van der Waals surface area contributed by atoms with E-state index in [4.69, 9.17) is 5.73 Å². The van der Waals surface area contributed by atoms with Crippen LogP contribution in [0, 0.1) is 10.1 Å². The molecule has 2 rings (SSSR count). The van der Waals surface area contributed by atoms with E-state index in [0.29, 0.717) is 25.4 Å². The van der Waals surface area contributed by atoms with Gasteiger partial charge in [-0.2, -0.15) is 13.2 Å². The minimum atomic E-state index is -4.63. The van der Waals surface area contributed by atoms with Crippen molar-refractivity contribution in [3.05, 3.63) is 28.1 Å². The molecular formula is C9H9F3N4O2. The molecule has 0 atom stereocenters. The first-order valence-corrected chi connectivity index (χ1v) is 5.01. The summed E-state index contributed by atoms with van der Waals surface area (Å²) in [6.45, 7) is 0.588. The number of aromatic nitrogens is 1. The van der Waals surface area contributed by atoms with Crippen LogP contribution in [0.5, 0.6) is 0 Å². The number of halogens is 3. The van der Waals surface area contributed by atoms with Crippen LogP contribution in [0.3, 0.4) is 0 Å². The van der Waals surface area contributed by atoms with Crippen LogP contribution in [-0.4, -0.2) is 29.0 Å². The second-order valence-electron chi connectivity index (χ2n) is 3.98. The van der Waals surface area contributed by atoms with Gasteiger partial charge in [0.25, 0.3) is 0 Å². The monoisotopic (exact) mass is 262 g/mol. The van der Waals surface area contributed by atoms with E-state index in [-0.39, 0.29) is 11.7 Å². The lowest BCUT2D eigenvalue weighted by Crippen LogP contribution is -2.56. The van der Waals surface area contributed by atoms with E-state index < -0.39 is 22.5 Å². The van der Waals surface area contributed by atoms with Gasteiger partial charge in [0.1, 0.15) is 17.6 Å². The number of nitro groups is 1. The zero-order chi connectivity index (χ0) is 13.5. The smallest absolute Gasteiger partial charge is 0.363 e. The van der Waals surface area contributed by atoms with Gasteiger partial charge in [-0.25, -0.2) is 4.98 Å². The van der Waals surface area contributed by atoms with Crippen LogP contribution < -0.4 is 10.6 Å². The molecule has 98 valence electrons. The standard InChI is InChI=1S/C9H9F3N4O2/c10-9(11,12)8-1-6(15-3-5(13)4-15)7(2-14-8)16(17)18/h1-2,5H,3-4,13H2. The Morgan fingerprint density at radius 2 is 2.11 bits per heavy atom. The highest BCUT2D eigenvalue weighted by Gasteiger charge is 2.37. The fourth-order valence-electron chi connectivity index (χ4n) is 1.70. The first kappa shape index (κ1) is 12.6. The highest BCUT2D eigenvalue weighted by molar-refractivity contribution is 5.64. The molecule has 0 bridgehead atoms. The molecule has 18 heavy (non-hydrogen) atoms. The lowest BCUT2D eigenvalue weighted by Gasteiger charge is -2.38. The summed E-state index contributed by atoms with van der Waals surface area (Å²) >= 11 is 0. The van der Waals surface area contributed by atoms with E-state index in [2.05, 4.69) is 4.98 Å². The van der Waals surface area contributed by atoms with Gasteiger partial charge in [0.05, 0.1) is 4.92 Å². The van der Waals surface area contributed by atoms with Gasteiger partial charge in [-0.05, 0) is 6.07 Å². The van der Waals surface area contributed by atoms with Crippen LogP contribution in [0.15, 0.2) is 12.3 Å². The summed E-state index contributed by atoms with van der Waals surface area (Å²) in [5.74, 6) is 0. The molecule has 1 aromatic heterocycles. The number of pyridine rings is 1. The van der Waals surface area contributed by atoms with Crippen molar-refractivity contribution in [2.75, 3.05) is 18.0 Å². The maximum absolute atomic E-state index is 12.5. The SMILES string of the molecule is NC1CN(c2cc(C(F)(F)F)ncc2[N+](=O)[O-])C1. The van der Waals surface area contributed by atoms with Gasteiger partial charge in [0.2, 0.25) is 0 Å². The predicted octanol–water partition coefficient (Wildman–Crippen LogP) is 1.16. The van der Waals surface area contributed by atoms with Crippen molar-refractivity contribution in [3.8, 4) is 0 Å². The molecule has 0 spiro atoms. The average molecular weight is 262 g/mol. The Bertz CT molecular complexity index is 485. The molecule has 1 aromatic rings. The number of anilines is 1. The molecule has 0 saturated carbocycles. The fraction of sp³-hybridized carbons (Fsp3) is 0.444. The number of rotatable bonds is 2. The molecule has 1 aliphatic rings. The second-order valence-corrected chi connectivity index (χ2v) is 3.98. The zero-order valence-corrected chi connectivity index (χ0v) is 9.02. The van der Waals surface area contributed by atoms with Gasteiger partial charge in [-0.1, -0.05) is 0 Å². The maximum Gasteiger partial charge on any atom is 0.433 e. The minimum absolute atomic E-state index is 0.0935. The fourth-order valence-corrected chi connectivity index (χ4v) is 1.70. The highest BCUT2D eigenvalue weighted by Crippen LogP contribution is 2.36. The van der Waals surface area contributed by atoms with Crippen LogP contribution in [0.25, 0.3) is 0 Å². The van der Waals surface area contributed by atoms with E-state index >= 15 is 0 Å². The molecule has 6 nitrogen and oxygen atoms in total. The number of nitrogens with two attached hydrogens (primary N) is 1. The van der Waals surface area contributed by atoms with Crippen LogP contribution in [0.4, 0.5) is 24.5 Å². The quantitative estimate of drug-likeness (QED) is 0.638. The largest absolute Gasteiger partial charge is 0.433 e. The van der Waals surface area contributed by atoms with E-state index in [1.165, 1.54) is 4.90 Å². The molecule has 0 aliphatic carbocycles. The molecular weight excluding hydrogens is 253 g/mol. The molecule has 9 heteroatoms. The summed E-state index contributed by atoms with van der Waals surface area (Å²) < 4.78 is 37.5. The zero-order valence-electron chi connectivity index (χ0n) is 9.02. The summed E-state index contributed by atoms with van der Waals surface area (Å²) in [6, 6.07) is 0.511. The Balaban J connectivity index is 2.42. The normalized spacial score (nSPS) is 16.6. The summed E-state index contributed by atoms with van der Waals surface area (Å²) in [6.07, 6.45) is -4.00. The molecule has 0 aromatic carbocycles. The van der Waals surface area contributed by atoms with E-state index in [1.54, 1.807) is 0 Å². The molecule has 2 heterocycles. The van der Waals surface area contributed by atoms with Crippen molar-refractivity contribution in [1.82, 2.24) is 4.98 Å². The van der Waals surface area contributed by atoms with Crippen molar-refractivity contribution in [3.63, 3.8) is 0 Å². The summed E-state index contributed by atoms with van der Waals surface area (Å²) in [7, 11) is 0. The first-order chi connectivity index (χ1) is 8.29. The maximum atomic E-state index is 12.5. The number of nitrogens with zero attached hydrogens (tertiary/aromatic N) is 3. The van der Waals surface area contributed by atoms with Gasteiger partial charge in [0, 0.05) is 19.1 Å². The van der Waals surface area contributed by atoms with Gasteiger partial charge in [-0.15, -0.1) is 0 Å². The van der Waals surface area contributed by atoms with Crippen molar-refractivity contribution < 1.29 is 18.1 Å². The Labute approximate surface area is 99.4 Å². The van der Waals surface area contributed by atoms with E-state index in [9.17, 15) is 23.3 Å². The van der Waals surface area contributed by atoms with Crippen LogP contribution in [-0.2, 0) is 6.18 Å². The molecule has 0 radical (unpaired) electrons. The number of alkyl halides is 3. The Morgan fingerprint density at radius 3 is 2.56 bits per heavy atom. The second kappa shape index (κ2) is 4.09. The Kier molecular flexibility index (Phi) is 2.85. The Hall–Kier alpha value is -1.90. The molecule has 0 unspecified atom stereocenters. The van der Waals surface area contributed by atoms with Crippen molar-refractivity contribution in [2.24, 2.45) is 5.73 Å². The predicted molar refractivity (Wildman–Crippen MR) is 56.1 cm³/mol. The van der Waals surface area contributed by atoms with Gasteiger partial charge in [-0.3, -0.25) is 10.1 Å². The van der Waals surface area contributed by atoms with Crippen LogP contribution in [0.1, 0.15) is 5.69 Å². The number of hydrogen-bond donors (Lipinski definition) is 1.